The van der Waals surface area contributed by atoms with E-state index in [0.29, 0.717) is 30.4 Å². The van der Waals surface area contributed by atoms with E-state index in [1.54, 1.807) is 38.1 Å². The maximum atomic E-state index is 12.3. The van der Waals surface area contributed by atoms with Gasteiger partial charge in [0.1, 0.15) is 19.0 Å². The smallest absolute Gasteiger partial charge is 0.251 e. The van der Waals surface area contributed by atoms with Crippen molar-refractivity contribution in [1.29, 1.82) is 0 Å². The number of benzene rings is 1. The third-order valence-corrected chi connectivity index (χ3v) is 4.61. The molecule has 0 fully saturated rings. The van der Waals surface area contributed by atoms with E-state index in [2.05, 4.69) is 34.5 Å². The minimum absolute atomic E-state index is 0.00984. The first-order chi connectivity index (χ1) is 15.4. The fourth-order valence-electron chi connectivity index (χ4n) is 2.39. The highest BCUT2D eigenvalue weighted by molar-refractivity contribution is 5.94. The Bertz CT molecular complexity index is 752. The molecule has 32 heavy (non-hydrogen) atoms. The van der Waals surface area contributed by atoms with Crippen LogP contribution in [0.1, 0.15) is 44.5 Å². The van der Waals surface area contributed by atoms with Gasteiger partial charge in [0.25, 0.3) is 5.91 Å². The lowest BCUT2D eigenvalue weighted by molar-refractivity contribution is -0.127. The Balaban J connectivity index is 2.43. The van der Waals surface area contributed by atoms with Crippen LogP contribution in [-0.2, 0) is 14.3 Å². The maximum Gasteiger partial charge on any atom is 0.251 e. The van der Waals surface area contributed by atoms with Crippen molar-refractivity contribution < 1.29 is 23.8 Å². The third-order valence-electron chi connectivity index (χ3n) is 4.61. The average molecular weight is 450 g/mol. The van der Waals surface area contributed by atoms with Crippen molar-refractivity contribution >= 4 is 11.7 Å². The van der Waals surface area contributed by atoms with Crippen LogP contribution in [0.5, 0.6) is 5.75 Å². The molecule has 1 aromatic carbocycles. The highest BCUT2D eigenvalue weighted by Crippen LogP contribution is 2.14. The second-order valence-electron chi connectivity index (χ2n) is 7.56. The predicted octanol–water partition coefficient (Wildman–Crippen LogP) is 3.08. The molecule has 2 N–H and O–H groups in total. The van der Waals surface area contributed by atoms with E-state index in [-0.39, 0.29) is 44.0 Å². The Morgan fingerprint density at radius 3 is 2.66 bits per heavy atom. The second-order valence-corrected chi connectivity index (χ2v) is 7.56. The molecule has 178 valence electrons. The molecular formula is C22H35N5O5. The van der Waals surface area contributed by atoms with Crippen LogP contribution in [0.2, 0.25) is 0 Å². The van der Waals surface area contributed by atoms with Crippen LogP contribution in [-0.4, -0.2) is 63.5 Å². The summed E-state index contributed by atoms with van der Waals surface area (Å²) in [4.78, 5) is 26.6. The van der Waals surface area contributed by atoms with Gasteiger partial charge in [-0.2, -0.15) is 0 Å². The first-order valence-electron chi connectivity index (χ1n) is 10.9. The zero-order chi connectivity index (χ0) is 23.8. The van der Waals surface area contributed by atoms with Crippen LogP contribution in [0.25, 0.3) is 10.4 Å². The normalized spacial score (nSPS) is 12.7. The van der Waals surface area contributed by atoms with Gasteiger partial charge in [-0.25, -0.2) is 0 Å². The Morgan fingerprint density at radius 2 is 1.97 bits per heavy atom. The van der Waals surface area contributed by atoms with Gasteiger partial charge in [-0.1, -0.05) is 32.0 Å². The van der Waals surface area contributed by atoms with Crippen molar-refractivity contribution in [3.8, 4) is 5.75 Å². The number of hydrogen-bond donors (Lipinski definition) is 2. The first-order valence-corrected chi connectivity index (χ1v) is 10.9. The van der Waals surface area contributed by atoms with Gasteiger partial charge in [0.05, 0.1) is 13.2 Å². The number of nitrogens with one attached hydrogen (secondary N) is 2. The van der Waals surface area contributed by atoms with Crippen LogP contribution in [0.15, 0.2) is 29.4 Å². The molecule has 2 unspecified atom stereocenters. The lowest BCUT2D eigenvalue weighted by Gasteiger charge is -2.15. The van der Waals surface area contributed by atoms with Crippen LogP contribution < -0.4 is 15.4 Å². The van der Waals surface area contributed by atoms with Crippen molar-refractivity contribution in [1.82, 2.24) is 10.6 Å². The number of azide groups is 1. The van der Waals surface area contributed by atoms with Gasteiger partial charge in [-0.3, -0.25) is 9.59 Å². The van der Waals surface area contributed by atoms with Crippen molar-refractivity contribution in [2.75, 3.05) is 39.5 Å². The highest BCUT2D eigenvalue weighted by atomic mass is 16.6. The van der Waals surface area contributed by atoms with Gasteiger partial charge in [0.2, 0.25) is 0 Å². The summed E-state index contributed by atoms with van der Waals surface area (Å²) in [6, 6.07) is 7.14. The highest BCUT2D eigenvalue weighted by Gasteiger charge is 2.11. The van der Waals surface area contributed by atoms with E-state index in [0.717, 1.165) is 6.42 Å². The van der Waals surface area contributed by atoms with Crippen molar-refractivity contribution in [3.63, 3.8) is 0 Å². The number of rotatable bonds is 17. The quantitative estimate of drug-likeness (QED) is 0.162. The third kappa shape index (κ3) is 11.7. The van der Waals surface area contributed by atoms with Crippen molar-refractivity contribution in [2.24, 2.45) is 11.0 Å². The van der Waals surface area contributed by atoms with Gasteiger partial charge >= 0.3 is 0 Å². The first kappa shape index (κ1) is 27.4. The topological polar surface area (TPSA) is 135 Å². The van der Waals surface area contributed by atoms with Crippen LogP contribution in [0, 0.1) is 5.92 Å². The summed E-state index contributed by atoms with van der Waals surface area (Å²) in [5, 5.41) is 9.72. The molecule has 1 amide bonds. The molecule has 0 radical (unpaired) electrons. The fourth-order valence-corrected chi connectivity index (χ4v) is 2.39. The van der Waals surface area contributed by atoms with E-state index < -0.39 is 6.23 Å². The fraction of sp³-hybridized carbons (Fsp3) is 0.636. The summed E-state index contributed by atoms with van der Waals surface area (Å²) in [6.07, 6.45) is 0.159. The number of hydrogen-bond acceptors (Lipinski definition) is 7. The number of ether oxygens (including phenoxy) is 3. The molecule has 2 atom stereocenters. The van der Waals surface area contributed by atoms with Gasteiger partial charge in [-0.05, 0) is 37.1 Å². The van der Waals surface area contributed by atoms with E-state index in [1.807, 2.05) is 0 Å². The largest absolute Gasteiger partial charge is 0.491 e. The molecule has 1 aromatic rings. The zero-order valence-electron chi connectivity index (χ0n) is 19.4. The number of nitrogens with zero attached hydrogens (tertiary/aromatic N) is 3. The van der Waals surface area contributed by atoms with Crippen molar-refractivity contribution in [2.45, 2.75) is 46.4 Å². The Kier molecular flexibility index (Phi) is 13.7. The molecule has 0 spiro atoms. The van der Waals surface area contributed by atoms with E-state index in [4.69, 9.17) is 19.7 Å². The Morgan fingerprint density at radius 1 is 1.19 bits per heavy atom. The molecule has 1 rings (SSSR count). The Hall–Kier alpha value is -2.65. The van der Waals surface area contributed by atoms with E-state index >= 15 is 0 Å². The van der Waals surface area contributed by atoms with E-state index in [1.165, 1.54) is 0 Å². The molecule has 0 aliphatic heterocycles. The van der Waals surface area contributed by atoms with Crippen LogP contribution >= 0.6 is 0 Å². The summed E-state index contributed by atoms with van der Waals surface area (Å²) < 4.78 is 16.3. The van der Waals surface area contributed by atoms with Crippen molar-refractivity contribution in [3.05, 3.63) is 40.3 Å². The van der Waals surface area contributed by atoms with Crippen LogP contribution in [0.4, 0.5) is 0 Å². The molecule has 0 aliphatic carbocycles. The molecule has 0 bridgehead atoms. The summed E-state index contributed by atoms with van der Waals surface area (Å²) in [5.74, 6) is 0.184. The molecule has 0 aromatic heterocycles. The minimum Gasteiger partial charge on any atom is -0.491 e. The molecule has 0 heterocycles. The molecule has 0 saturated carbocycles. The molecule has 0 saturated heterocycles. The van der Waals surface area contributed by atoms with Crippen LogP contribution in [0.3, 0.4) is 0 Å². The van der Waals surface area contributed by atoms with Gasteiger partial charge in [0, 0.05) is 35.5 Å². The van der Waals surface area contributed by atoms with Gasteiger partial charge < -0.3 is 24.8 Å². The number of ketones is 1. The zero-order valence-corrected chi connectivity index (χ0v) is 19.4. The number of Topliss-reactive ketones (excluding diaryl/α,β-unsaturated/α-hetero) is 1. The van der Waals surface area contributed by atoms with E-state index in [9.17, 15) is 9.59 Å². The lowest BCUT2D eigenvalue weighted by atomic mass is 10.1. The molecule has 10 nitrogen and oxygen atoms in total. The minimum atomic E-state index is -0.867. The molecule has 0 aliphatic rings. The average Bonchev–Trinajstić information content (AvgIpc) is 2.79. The summed E-state index contributed by atoms with van der Waals surface area (Å²) in [6.45, 7) is 9.35. The molecular weight excluding hydrogens is 414 g/mol. The summed E-state index contributed by atoms with van der Waals surface area (Å²) in [7, 11) is 0. The number of carbonyl (C=O) groups is 2. The summed E-state index contributed by atoms with van der Waals surface area (Å²) >= 11 is 0. The standard InChI is InChI=1S/C22H35N5O5/c1-5-17(4)24-9-10-25-22(29)18-7-6-8-19(13-18)32-15-21(26-27-23)31-12-11-30-14-20(28)16(2)3/h6-8,13,16-17,21,24H,5,9-12,14-15H2,1-4H3,(H,25,29). The predicted molar refractivity (Wildman–Crippen MR) is 122 cm³/mol. The van der Waals surface area contributed by atoms with Gasteiger partial charge in [-0.15, -0.1) is 0 Å². The Labute approximate surface area is 189 Å². The SMILES string of the molecule is CCC(C)NCCNC(=O)c1cccc(OCC(N=[N+]=[N-])OCCOCC(=O)C(C)C)c1. The summed E-state index contributed by atoms with van der Waals surface area (Å²) in [5.41, 5.74) is 9.20. The monoisotopic (exact) mass is 449 g/mol. The molecule has 10 heteroatoms. The number of carbonyl (C=O) groups excluding carboxylic acids is 2. The lowest BCUT2D eigenvalue weighted by Crippen LogP contribution is -2.35. The van der Waals surface area contributed by atoms with Gasteiger partial charge in [0.15, 0.2) is 12.0 Å². The number of amides is 1. The second kappa shape index (κ2) is 16.0. The maximum absolute atomic E-state index is 12.3.